The van der Waals surface area contributed by atoms with Crippen molar-refractivity contribution in [1.29, 1.82) is 0 Å². The first kappa shape index (κ1) is 12.0. The first-order valence-electron chi connectivity index (χ1n) is 6.77. The number of aromatic nitrogens is 1. The van der Waals surface area contributed by atoms with Gasteiger partial charge < -0.3 is 5.11 Å². The molecule has 2 aromatic rings. The summed E-state index contributed by atoms with van der Waals surface area (Å²) in [6.45, 7) is 0. The van der Waals surface area contributed by atoms with E-state index in [0.717, 1.165) is 49.0 Å². The van der Waals surface area contributed by atoms with Gasteiger partial charge >= 0.3 is 0 Å². The van der Waals surface area contributed by atoms with Gasteiger partial charge in [0.15, 0.2) is 0 Å². The lowest BCUT2D eigenvalue weighted by molar-refractivity contribution is -0.269. The molecule has 0 N–H and O–H groups in total. The Hall–Kier alpha value is -2.03. The quantitative estimate of drug-likeness (QED) is 0.732. The van der Waals surface area contributed by atoms with Crippen molar-refractivity contribution in [2.75, 3.05) is 0 Å². The predicted octanol–water partition coefficient (Wildman–Crippen LogP) is 2.18. The number of fused-ring (bicyclic) bond motifs is 1. The van der Waals surface area contributed by atoms with Crippen molar-refractivity contribution in [3.05, 3.63) is 58.0 Å². The maximum Gasteiger partial charge on any atom is 0.254 e. The van der Waals surface area contributed by atoms with Crippen molar-refractivity contribution >= 4 is 0 Å². The molecular weight excluding hydrogens is 238 g/mol. The highest BCUT2D eigenvalue weighted by atomic mass is 16.3. The van der Waals surface area contributed by atoms with Gasteiger partial charge in [-0.2, -0.15) is 0 Å². The lowest BCUT2D eigenvalue weighted by Crippen LogP contribution is -2.24. The van der Waals surface area contributed by atoms with E-state index >= 15 is 0 Å². The van der Waals surface area contributed by atoms with Crippen LogP contribution in [0, 0.1) is 0 Å². The van der Waals surface area contributed by atoms with Crippen LogP contribution in [0.25, 0.3) is 5.69 Å². The van der Waals surface area contributed by atoms with Gasteiger partial charge in [-0.1, -0.05) is 30.4 Å². The minimum atomic E-state index is -0.211. The third kappa shape index (κ3) is 2.16. The fourth-order valence-corrected chi connectivity index (χ4v) is 2.84. The van der Waals surface area contributed by atoms with Gasteiger partial charge in [-0.05, 0) is 49.4 Å². The molecular formula is C16H16NO2-. The van der Waals surface area contributed by atoms with Gasteiger partial charge in [0.1, 0.15) is 0 Å². The Morgan fingerprint density at radius 2 is 1.74 bits per heavy atom. The molecule has 1 heterocycles. The second-order valence-corrected chi connectivity index (χ2v) is 5.00. The Morgan fingerprint density at radius 3 is 2.53 bits per heavy atom. The molecule has 3 nitrogen and oxygen atoms in total. The van der Waals surface area contributed by atoms with E-state index in [9.17, 15) is 9.90 Å². The molecule has 1 aliphatic rings. The largest absolute Gasteiger partial charge is 0.872 e. The van der Waals surface area contributed by atoms with Gasteiger partial charge in [0.05, 0.1) is 0 Å². The Bertz CT molecular complexity index is 644. The van der Waals surface area contributed by atoms with E-state index in [0.29, 0.717) is 0 Å². The molecule has 0 spiro atoms. The summed E-state index contributed by atoms with van der Waals surface area (Å²) in [5, 5.41) is 12.0. The van der Waals surface area contributed by atoms with E-state index < -0.39 is 0 Å². The molecule has 1 aromatic heterocycles. The predicted molar refractivity (Wildman–Crippen MR) is 72.7 cm³/mol. The van der Waals surface area contributed by atoms with Crippen LogP contribution in [0.3, 0.4) is 0 Å². The number of rotatable bonds is 1. The molecule has 0 fully saturated rings. The van der Waals surface area contributed by atoms with E-state index in [-0.39, 0.29) is 11.3 Å². The third-order valence-corrected chi connectivity index (χ3v) is 3.75. The van der Waals surface area contributed by atoms with Crippen LogP contribution in [0.2, 0.25) is 0 Å². The number of para-hydroxylation sites is 1. The summed E-state index contributed by atoms with van der Waals surface area (Å²) in [6, 6.07) is 10.8. The maximum absolute atomic E-state index is 12.2. The number of hydrogen-bond donors (Lipinski definition) is 0. The van der Waals surface area contributed by atoms with Crippen molar-refractivity contribution in [2.24, 2.45) is 0 Å². The van der Waals surface area contributed by atoms with E-state index in [1.165, 1.54) is 6.07 Å². The van der Waals surface area contributed by atoms with Gasteiger partial charge in [-0.15, -0.1) is 0 Å². The zero-order valence-electron chi connectivity index (χ0n) is 10.8. The van der Waals surface area contributed by atoms with E-state index in [4.69, 9.17) is 0 Å². The molecule has 1 aromatic carbocycles. The average Bonchev–Trinajstić information content (AvgIpc) is 2.66. The van der Waals surface area contributed by atoms with Crippen LogP contribution in [0.4, 0.5) is 0 Å². The Labute approximate surface area is 112 Å². The summed E-state index contributed by atoms with van der Waals surface area (Å²) in [7, 11) is 0. The van der Waals surface area contributed by atoms with E-state index in [2.05, 4.69) is 0 Å². The number of nitrogens with zero attached hydrogens (tertiary/aromatic N) is 1. The van der Waals surface area contributed by atoms with Crippen LogP contribution in [-0.2, 0) is 12.8 Å². The van der Waals surface area contributed by atoms with Crippen LogP contribution in [-0.4, -0.2) is 4.57 Å². The fraction of sp³-hybridized carbons (Fsp3) is 0.312. The van der Waals surface area contributed by atoms with Crippen LogP contribution in [0.1, 0.15) is 30.5 Å². The van der Waals surface area contributed by atoms with Crippen LogP contribution in [0.5, 0.6) is 5.75 Å². The summed E-state index contributed by atoms with van der Waals surface area (Å²) in [6.07, 6.45) is 4.81. The van der Waals surface area contributed by atoms with Gasteiger partial charge in [-0.3, -0.25) is 9.36 Å². The summed E-state index contributed by atoms with van der Waals surface area (Å²) in [5.74, 6) is -0.0888. The minimum absolute atomic E-state index is 0.0888. The van der Waals surface area contributed by atoms with Crippen molar-refractivity contribution in [2.45, 2.75) is 32.1 Å². The molecule has 0 bridgehead atoms. The number of pyridine rings is 1. The Balaban J connectivity index is 2.27. The Morgan fingerprint density at radius 1 is 1.00 bits per heavy atom. The zero-order chi connectivity index (χ0) is 13.2. The smallest absolute Gasteiger partial charge is 0.254 e. The first-order chi connectivity index (χ1) is 9.27. The Kier molecular flexibility index (Phi) is 3.11. The van der Waals surface area contributed by atoms with Gasteiger partial charge in [0.25, 0.3) is 5.56 Å². The molecule has 0 saturated carbocycles. The van der Waals surface area contributed by atoms with Gasteiger partial charge in [-0.25, -0.2) is 0 Å². The van der Waals surface area contributed by atoms with Gasteiger partial charge in [0, 0.05) is 11.4 Å². The summed E-state index contributed by atoms with van der Waals surface area (Å²) < 4.78 is 1.71. The first-order valence-corrected chi connectivity index (χ1v) is 6.77. The van der Waals surface area contributed by atoms with E-state index in [1.54, 1.807) is 4.57 Å². The van der Waals surface area contributed by atoms with Crippen molar-refractivity contribution in [1.82, 2.24) is 4.57 Å². The fourth-order valence-electron chi connectivity index (χ4n) is 2.84. The average molecular weight is 254 g/mol. The number of hydrogen-bond acceptors (Lipinski definition) is 2. The third-order valence-electron chi connectivity index (χ3n) is 3.75. The SMILES string of the molecule is O=c1cc([O-])c2c(n1-c1ccccc1)CCCCC2. The second-order valence-electron chi connectivity index (χ2n) is 5.00. The summed E-state index contributed by atoms with van der Waals surface area (Å²) in [5.41, 5.74) is 2.39. The normalized spacial score (nSPS) is 14.7. The lowest BCUT2D eigenvalue weighted by atomic mass is 10.1. The zero-order valence-corrected chi connectivity index (χ0v) is 10.8. The molecule has 0 amide bonds. The van der Waals surface area contributed by atoms with Crippen molar-refractivity contribution < 1.29 is 5.11 Å². The molecule has 98 valence electrons. The van der Waals surface area contributed by atoms with Crippen LogP contribution in [0.15, 0.2) is 41.2 Å². The molecule has 1 aliphatic carbocycles. The van der Waals surface area contributed by atoms with Crippen molar-refractivity contribution in [3.8, 4) is 11.4 Å². The molecule has 3 rings (SSSR count). The van der Waals surface area contributed by atoms with E-state index in [1.807, 2.05) is 30.3 Å². The lowest BCUT2D eigenvalue weighted by Gasteiger charge is -2.21. The highest BCUT2D eigenvalue weighted by Gasteiger charge is 2.15. The second kappa shape index (κ2) is 4.92. The molecule has 0 radical (unpaired) electrons. The molecule has 0 atom stereocenters. The maximum atomic E-state index is 12.2. The topological polar surface area (TPSA) is 45.1 Å². The molecule has 3 heteroatoms. The van der Waals surface area contributed by atoms with Crippen molar-refractivity contribution in [3.63, 3.8) is 0 Å². The monoisotopic (exact) mass is 254 g/mol. The summed E-state index contributed by atoms with van der Waals surface area (Å²) in [4.78, 5) is 12.2. The highest BCUT2D eigenvalue weighted by Crippen LogP contribution is 2.26. The molecule has 19 heavy (non-hydrogen) atoms. The standard InChI is InChI=1S/C16H17NO2/c18-15-11-16(19)17(12-7-3-1-4-8-12)14-10-6-2-5-9-13(14)15/h1,3-4,7-8,11,18H,2,5-6,9-10H2/p-1. The van der Waals surface area contributed by atoms with Gasteiger partial charge in [0.2, 0.25) is 0 Å². The highest BCUT2D eigenvalue weighted by molar-refractivity contribution is 5.42. The molecule has 0 aliphatic heterocycles. The summed E-state index contributed by atoms with van der Waals surface area (Å²) >= 11 is 0. The van der Waals surface area contributed by atoms with Crippen LogP contribution < -0.4 is 10.7 Å². The number of benzene rings is 1. The molecule has 0 saturated heterocycles. The van der Waals surface area contributed by atoms with Crippen LogP contribution >= 0.6 is 0 Å². The minimum Gasteiger partial charge on any atom is -0.872 e. The molecule has 0 unspecified atom stereocenters.